The molecule has 2 saturated heterocycles. The molecular weight excluding hydrogens is 601 g/mol. The van der Waals surface area contributed by atoms with Gasteiger partial charge in [-0.25, -0.2) is 16.8 Å². The zero-order chi connectivity index (χ0) is 30.9. The van der Waals surface area contributed by atoms with Crippen LogP contribution in [-0.4, -0.2) is 63.4 Å². The quantitative estimate of drug-likeness (QED) is 0.284. The minimum atomic E-state index is -3.61. The van der Waals surface area contributed by atoms with Gasteiger partial charge in [0.25, 0.3) is 11.8 Å². The predicted octanol–water partition coefficient (Wildman–Crippen LogP) is 4.91. The third-order valence-electron chi connectivity index (χ3n) is 8.02. The Morgan fingerprint density at radius 2 is 0.864 bits per heavy atom. The van der Waals surface area contributed by atoms with Crippen LogP contribution >= 0.6 is 0 Å². The second kappa shape index (κ2) is 12.1. The molecule has 0 atom stereocenters. The van der Waals surface area contributed by atoms with Crippen LogP contribution in [0.3, 0.4) is 0 Å². The van der Waals surface area contributed by atoms with Crippen LogP contribution in [0.2, 0.25) is 0 Å². The summed E-state index contributed by atoms with van der Waals surface area (Å²) in [5.74, 6) is -0.949. The number of amides is 2. The van der Waals surface area contributed by atoms with Gasteiger partial charge in [0.05, 0.1) is 21.2 Å². The summed E-state index contributed by atoms with van der Waals surface area (Å²) in [6.07, 6.45) is 3.32. The lowest BCUT2D eigenvalue weighted by Crippen LogP contribution is -2.27. The highest BCUT2D eigenvalue weighted by Crippen LogP contribution is 2.30. The first kappa shape index (κ1) is 29.9. The molecular formula is C32H32N4O6S2. The number of rotatable bonds is 8. The summed E-state index contributed by atoms with van der Waals surface area (Å²) >= 11 is 0. The Labute approximate surface area is 256 Å². The normalized spacial score (nSPS) is 16.3. The van der Waals surface area contributed by atoms with Crippen molar-refractivity contribution >= 4 is 54.0 Å². The Morgan fingerprint density at radius 3 is 1.20 bits per heavy atom. The highest BCUT2D eigenvalue weighted by molar-refractivity contribution is 7.89. The van der Waals surface area contributed by atoms with Crippen LogP contribution < -0.4 is 10.6 Å². The second-order valence-electron chi connectivity index (χ2n) is 10.9. The molecule has 2 heterocycles. The number of sulfonamides is 2. The summed E-state index contributed by atoms with van der Waals surface area (Å²) in [6.45, 7) is 1.96. The number of anilines is 2. The van der Waals surface area contributed by atoms with Gasteiger partial charge in [-0.15, -0.1) is 0 Å². The number of nitrogens with one attached hydrogen (secondary N) is 2. The van der Waals surface area contributed by atoms with Crippen LogP contribution in [0.5, 0.6) is 0 Å². The van der Waals surface area contributed by atoms with Crippen LogP contribution in [0.1, 0.15) is 46.4 Å². The monoisotopic (exact) mass is 632 g/mol. The Bertz CT molecular complexity index is 1790. The van der Waals surface area contributed by atoms with E-state index in [4.69, 9.17) is 0 Å². The van der Waals surface area contributed by atoms with Gasteiger partial charge in [0.2, 0.25) is 20.0 Å². The molecule has 12 heteroatoms. The van der Waals surface area contributed by atoms with Crippen LogP contribution in [0, 0.1) is 0 Å². The Hall–Kier alpha value is -4.10. The minimum absolute atomic E-state index is 0.133. The van der Waals surface area contributed by atoms with Gasteiger partial charge in [-0.1, -0.05) is 24.3 Å². The number of fused-ring (bicyclic) bond motifs is 1. The van der Waals surface area contributed by atoms with Crippen molar-refractivity contribution in [2.45, 2.75) is 35.5 Å². The van der Waals surface area contributed by atoms with Crippen molar-refractivity contribution in [3.63, 3.8) is 0 Å². The van der Waals surface area contributed by atoms with Crippen molar-refractivity contribution in [3.05, 3.63) is 96.1 Å². The molecule has 2 aliphatic rings. The zero-order valence-electron chi connectivity index (χ0n) is 23.9. The maximum Gasteiger partial charge on any atom is 0.255 e. The van der Waals surface area contributed by atoms with Gasteiger partial charge in [0.15, 0.2) is 0 Å². The largest absolute Gasteiger partial charge is 0.320 e. The molecule has 0 aliphatic carbocycles. The number of carbonyl (C=O) groups is 2. The molecule has 0 aromatic heterocycles. The molecule has 10 nitrogen and oxygen atoms in total. The van der Waals surface area contributed by atoms with Crippen molar-refractivity contribution < 1.29 is 26.4 Å². The summed E-state index contributed by atoms with van der Waals surface area (Å²) in [6, 6.07) is 22.6. The lowest BCUT2D eigenvalue weighted by molar-refractivity contribution is 0.101. The van der Waals surface area contributed by atoms with Crippen LogP contribution in [0.4, 0.5) is 11.4 Å². The van der Waals surface area contributed by atoms with E-state index in [0.29, 0.717) is 37.6 Å². The van der Waals surface area contributed by atoms with E-state index in [0.717, 1.165) is 36.5 Å². The fraction of sp³-hybridized carbons (Fsp3) is 0.250. The highest BCUT2D eigenvalue weighted by Gasteiger charge is 2.28. The lowest BCUT2D eigenvalue weighted by atomic mass is 10.1. The molecule has 2 fully saturated rings. The lowest BCUT2D eigenvalue weighted by Gasteiger charge is -2.17. The first-order chi connectivity index (χ1) is 21.1. The van der Waals surface area contributed by atoms with Gasteiger partial charge in [0.1, 0.15) is 0 Å². The van der Waals surface area contributed by atoms with Crippen molar-refractivity contribution in [3.8, 4) is 0 Å². The maximum absolute atomic E-state index is 13.3. The standard InChI is InChI=1S/C32H32N4O6S2/c37-31(23-9-13-27(14-10-23)43(39,40)35-17-3-4-18-35)33-29-21-25-7-1-2-8-26(25)22-30(29)34-32(38)24-11-15-28(16-12-24)44(41,42)36-19-5-6-20-36/h1-2,7-16,21-22H,3-6,17-20H2,(H,33,37)(H,34,38). The fourth-order valence-electron chi connectivity index (χ4n) is 5.55. The van der Waals surface area contributed by atoms with E-state index in [-0.39, 0.29) is 20.9 Å². The van der Waals surface area contributed by atoms with Gasteiger partial charge in [0, 0.05) is 37.3 Å². The Balaban J connectivity index is 1.22. The highest BCUT2D eigenvalue weighted by atomic mass is 32.2. The van der Waals surface area contributed by atoms with Crippen molar-refractivity contribution in [1.82, 2.24) is 8.61 Å². The van der Waals surface area contributed by atoms with Crippen molar-refractivity contribution in [2.24, 2.45) is 0 Å². The fourth-order valence-corrected chi connectivity index (χ4v) is 8.58. The molecule has 6 rings (SSSR count). The first-order valence-corrected chi connectivity index (χ1v) is 17.4. The summed E-state index contributed by atoms with van der Waals surface area (Å²) in [7, 11) is -7.22. The Morgan fingerprint density at radius 1 is 0.523 bits per heavy atom. The summed E-state index contributed by atoms with van der Waals surface area (Å²) in [4.78, 5) is 26.8. The topological polar surface area (TPSA) is 133 Å². The van der Waals surface area contributed by atoms with Crippen LogP contribution in [0.25, 0.3) is 10.8 Å². The van der Waals surface area contributed by atoms with E-state index in [2.05, 4.69) is 10.6 Å². The minimum Gasteiger partial charge on any atom is -0.320 e. The van der Waals surface area contributed by atoms with E-state index in [1.807, 2.05) is 24.3 Å². The number of hydrogen-bond acceptors (Lipinski definition) is 6. The third kappa shape index (κ3) is 5.98. The average molecular weight is 633 g/mol. The van der Waals surface area contributed by atoms with E-state index in [1.165, 1.54) is 57.1 Å². The van der Waals surface area contributed by atoms with Crippen molar-refractivity contribution in [2.75, 3.05) is 36.8 Å². The zero-order valence-corrected chi connectivity index (χ0v) is 25.5. The van der Waals surface area contributed by atoms with E-state index < -0.39 is 31.9 Å². The molecule has 0 spiro atoms. The molecule has 0 bridgehead atoms. The smallest absolute Gasteiger partial charge is 0.255 e. The Kier molecular flexibility index (Phi) is 8.25. The molecule has 2 aliphatic heterocycles. The predicted molar refractivity (Wildman–Crippen MR) is 169 cm³/mol. The summed E-state index contributed by atoms with van der Waals surface area (Å²) in [5.41, 5.74) is 1.21. The molecule has 0 radical (unpaired) electrons. The molecule has 0 saturated carbocycles. The van der Waals surface area contributed by atoms with Gasteiger partial charge >= 0.3 is 0 Å². The van der Waals surface area contributed by atoms with Gasteiger partial charge in [-0.3, -0.25) is 9.59 Å². The molecule has 2 N–H and O–H groups in total. The molecule has 0 unspecified atom stereocenters. The first-order valence-electron chi connectivity index (χ1n) is 14.5. The van der Waals surface area contributed by atoms with Crippen LogP contribution in [0.15, 0.2) is 94.7 Å². The molecule has 228 valence electrons. The number of nitrogens with zero attached hydrogens (tertiary/aromatic N) is 2. The molecule has 4 aromatic carbocycles. The van der Waals surface area contributed by atoms with Crippen molar-refractivity contribution in [1.29, 1.82) is 0 Å². The van der Waals surface area contributed by atoms with E-state index in [9.17, 15) is 26.4 Å². The molecule has 4 aromatic rings. The number of benzene rings is 4. The van der Waals surface area contributed by atoms with Gasteiger partial charge in [-0.2, -0.15) is 8.61 Å². The van der Waals surface area contributed by atoms with E-state index >= 15 is 0 Å². The van der Waals surface area contributed by atoms with Gasteiger partial charge in [-0.05, 0) is 97.1 Å². The summed E-state index contributed by atoms with van der Waals surface area (Å²) in [5, 5.41) is 7.38. The number of hydrogen-bond donors (Lipinski definition) is 2. The van der Waals surface area contributed by atoms with Gasteiger partial charge < -0.3 is 10.6 Å². The van der Waals surface area contributed by atoms with Crippen LogP contribution in [-0.2, 0) is 20.0 Å². The summed E-state index contributed by atoms with van der Waals surface area (Å²) < 4.78 is 54.4. The number of carbonyl (C=O) groups excluding carboxylic acids is 2. The molecule has 44 heavy (non-hydrogen) atoms. The third-order valence-corrected chi connectivity index (χ3v) is 11.8. The van der Waals surface area contributed by atoms with E-state index in [1.54, 1.807) is 12.1 Å². The average Bonchev–Trinajstić information content (AvgIpc) is 3.78. The molecule has 2 amide bonds. The maximum atomic E-state index is 13.3. The SMILES string of the molecule is O=C(Nc1cc2ccccc2cc1NC(=O)c1ccc(S(=O)(=O)N2CCCC2)cc1)c1ccc(S(=O)(=O)N2CCCC2)cc1. The second-order valence-corrected chi connectivity index (χ2v) is 14.8.